The second-order valence-electron chi connectivity index (χ2n) is 10.9. The van der Waals surface area contributed by atoms with Crippen molar-refractivity contribution in [3.63, 3.8) is 0 Å². The summed E-state index contributed by atoms with van der Waals surface area (Å²) in [7, 11) is 0. The molecule has 0 saturated carbocycles. The molecule has 9 rings (SSSR count). The molecule has 0 aliphatic carbocycles. The molecule has 0 saturated heterocycles. The van der Waals surface area contributed by atoms with Crippen LogP contribution in [-0.2, 0) is 0 Å². The fourth-order valence-corrected chi connectivity index (χ4v) is 7.04. The van der Waals surface area contributed by atoms with Gasteiger partial charge in [-0.3, -0.25) is 0 Å². The number of fused-ring (bicyclic) bond motifs is 13. The van der Waals surface area contributed by atoms with E-state index in [0.29, 0.717) is 0 Å². The van der Waals surface area contributed by atoms with Gasteiger partial charge in [0.15, 0.2) is 0 Å². The molecule has 0 amide bonds. The van der Waals surface area contributed by atoms with E-state index in [0.717, 1.165) is 0 Å². The maximum Gasteiger partial charge on any atom is 0.0626 e. The highest BCUT2D eigenvalue weighted by Crippen LogP contribution is 2.47. The number of rotatable bonds is 2. The van der Waals surface area contributed by atoms with Crippen molar-refractivity contribution in [2.45, 2.75) is 0 Å². The molecule has 1 nitrogen and oxygen atoms in total. The van der Waals surface area contributed by atoms with E-state index < -0.39 is 0 Å². The van der Waals surface area contributed by atoms with Crippen molar-refractivity contribution in [1.29, 1.82) is 0 Å². The topological polar surface area (TPSA) is 4.93 Å². The molecule has 0 aliphatic rings. The normalized spacial score (nSPS) is 11.9. The van der Waals surface area contributed by atoms with Crippen LogP contribution in [0.25, 0.3) is 81.7 Å². The molecule has 9 aromatic rings. The van der Waals surface area contributed by atoms with Gasteiger partial charge in [0, 0.05) is 27.2 Å². The molecular formula is C40H25N. The van der Waals surface area contributed by atoms with Crippen LogP contribution in [0.1, 0.15) is 0 Å². The average Bonchev–Trinajstić information content (AvgIpc) is 3.40. The molecule has 0 spiro atoms. The fourth-order valence-electron chi connectivity index (χ4n) is 7.04. The summed E-state index contributed by atoms with van der Waals surface area (Å²) in [6.45, 7) is 0. The number of benzene rings is 8. The number of hydrogen-bond donors (Lipinski definition) is 0. The first-order chi connectivity index (χ1) is 20.4. The Bertz CT molecular complexity index is 2450. The lowest BCUT2D eigenvalue weighted by atomic mass is 9.88. The van der Waals surface area contributed by atoms with Gasteiger partial charge in [0.1, 0.15) is 0 Å². The Morgan fingerprint density at radius 2 is 0.756 bits per heavy atom. The monoisotopic (exact) mass is 519 g/mol. The van der Waals surface area contributed by atoms with Crippen molar-refractivity contribution < 1.29 is 0 Å². The van der Waals surface area contributed by atoms with Gasteiger partial charge in [-0.15, -0.1) is 0 Å². The summed E-state index contributed by atoms with van der Waals surface area (Å²) < 4.78 is 2.48. The summed E-state index contributed by atoms with van der Waals surface area (Å²) in [5.41, 5.74) is 6.12. The number of aromatic nitrogens is 1. The minimum atomic E-state index is 1.17. The van der Waals surface area contributed by atoms with Crippen LogP contribution < -0.4 is 0 Å². The van der Waals surface area contributed by atoms with Crippen molar-refractivity contribution >= 4 is 64.9 Å². The zero-order valence-electron chi connectivity index (χ0n) is 22.4. The van der Waals surface area contributed by atoms with E-state index in [4.69, 9.17) is 0 Å². The first kappa shape index (κ1) is 22.4. The maximum absolute atomic E-state index is 2.48. The lowest BCUT2D eigenvalue weighted by Gasteiger charge is -2.16. The summed E-state index contributed by atoms with van der Waals surface area (Å²) in [6, 6.07) is 55.3. The molecule has 0 aliphatic heterocycles. The molecule has 0 unspecified atom stereocenters. The van der Waals surface area contributed by atoms with Gasteiger partial charge in [-0.2, -0.15) is 0 Å². The predicted octanol–water partition coefficient (Wildman–Crippen LogP) is 11.1. The molecule has 0 radical (unpaired) electrons. The van der Waals surface area contributed by atoms with Crippen molar-refractivity contribution in [2.24, 2.45) is 0 Å². The molecule has 1 aromatic heterocycles. The van der Waals surface area contributed by atoms with Crippen molar-refractivity contribution in [3.8, 4) is 16.8 Å². The van der Waals surface area contributed by atoms with Gasteiger partial charge in [-0.05, 0) is 61.6 Å². The van der Waals surface area contributed by atoms with Crippen LogP contribution >= 0.6 is 0 Å². The second-order valence-corrected chi connectivity index (χ2v) is 10.9. The van der Waals surface area contributed by atoms with E-state index in [1.165, 1.54) is 81.7 Å². The molecule has 1 heterocycles. The fraction of sp³-hybridized carbons (Fsp3) is 0. The van der Waals surface area contributed by atoms with Crippen molar-refractivity contribution in [1.82, 2.24) is 4.57 Å². The Hall–Kier alpha value is -5.40. The first-order valence-corrected chi connectivity index (χ1v) is 14.2. The van der Waals surface area contributed by atoms with Crippen LogP contribution in [0, 0.1) is 0 Å². The van der Waals surface area contributed by atoms with Crippen LogP contribution in [0.3, 0.4) is 0 Å². The Morgan fingerprint density at radius 1 is 0.293 bits per heavy atom. The third kappa shape index (κ3) is 3.12. The number of para-hydroxylation sites is 1. The average molecular weight is 520 g/mol. The summed E-state index contributed by atoms with van der Waals surface area (Å²) in [6.07, 6.45) is 0. The Balaban J connectivity index is 1.52. The minimum Gasteiger partial charge on any atom is -0.309 e. The van der Waals surface area contributed by atoms with Gasteiger partial charge in [0.05, 0.1) is 11.0 Å². The lowest BCUT2D eigenvalue weighted by Crippen LogP contribution is -1.95. The summed E-state index contributed by atoms with van der Waals surface area (Å²) in [5, 5.41) is 13.1. The van der Waals surface area contributed by atoms with Crippen LogP contribution in [0.4, 0.5) is 0 Å². The van der Waals surface area contributed by atoms with Crippen LogP contribution in [-0.4, -0.2) is 4.57 Å². The molecule has 1 heteroatoms. The lowest BCUT2D eigenvalue weighted by molar-refractivity contribution is 1.19. The molecule has 0 atom stereocenters. The standard InChI is InChI=1S/C40H25N/c1-2-12-26(13-3-1)27-22-24-28(25-23-27)41-36-21-11-10-20-35(36)39-38-32-17-7-5-15-30(32)29-14-4-6-16-31(29)37(38)33-18-8-9-19-34(33)40(39)41/h1-25H. The van der Waals surface area contributed by atoms with Crippen molar-refractivity contribution in [2.75, 3.05) is 0 Å². The SMILES string of the molecule is c1ccc(-c2ccc(-n3c4ccccc4c4c5c6ccccc6c6ccccc6c5c5ccccc5c43)cc2)cc1. The first-order valence-electron chi connectivity index (χ1n) is 14.2. The van der Waals surface area contributed by atoms with Crippen molar-refractivity contribution in [3.05, 3.63) is 152 Å². The van der Waals surface area contributed by atoms with Gasteiger partial charge in [0.2, 0.25) is 0 Å². The van der Waals surface area contributed by atoms with Crippen LogP contribution in [0.15, 0.2) is 152 Å². The predicted molar refractivity (Wildman–Crippen MR) is 176 cm³/mol. The van der Waals surface area contributed by atoms with Crippen LogP contribution in [0.5, 0.6) is 0 Å². The second kappa shape index (κ2) is 8.55. The largest absolute Gasteiger partial charge is 0.309 e. The van der Waals surface area contributed by atoms with Gasteiger partial charge in [0.25, 0.3) is 0 Å². The van der Waals surface area contributed by atoms with E-state index in [-0.39, 0.29) is 0 Å². The van der Waals surface area contributed by atoms with E-state index >= 15 is 0 Å². The van der Waals surface area contributed by atoms with Gasteiger partial charge in [-0.1, -0.05) is 133 Å². The highest BCUT2D eigenvalue weighted by Gasteiger charge is 2.21. The van der Waals surface area contributed by atoms with Gasteiger partial charge in [-0.25, -0.2) is 0 Å². The zero-order valence-corrected chi connectivity index (χ0v) is 22.4. The quantitative estimate of drug-likeness (QED) is 0.200. The molecule has 190 valence electrons. The Morgan fingerprint density at radius 3 is 1.41 bits per heavy atom. The number of hydrogen-bond acceptors (Lipinski definition) is 0. The molecule has 0 bridgehead atoms. The van der Waals surface area contributed by atoms with Gasteiger partial charge < -0.3 is 4.57 Å². The highest BCUT2D eigenvalue weighted by atomic mass is 15.0. The van der Waals surface area contributed by atoms with E-state index in [9.17, 15) is 0 Å². The summed E-state index contributed by atoms with van der Waals surface area (Å²) in [4.78, 5) is 0. The summed E-state index contributed by atoms with van der Waals surface area (Å²) in [5.74, 6) is 0. The molecule has 41 heavy (non-hydrogen) atoms. The molecule has 8 aromatic carbocycles. The van der Waals surface area contributed by atoms with E-state index in [2.05, 4.69) is 156 Å². The maximum atomic E-state index is 2.48. The smallest absolute Gasteiger partial charge is 0.0626 e. The minimum absolute atomic E-state index is 1.17. The number of nitrogens with zero attached hydrogens (tertiary/aromatic N) is 1. The Labute approximate surface area is 237 Å². The molecule has 0 N–H and O–H groups in total. The highest BCUT2D eigenvalue weighted by molar-refractivity contribution is 6.42. The third-order valence-corrected chi connectivity index (χ3v) is 8.74. The Kier molecular flexibility index (Phi) is 4.67. The van der Waals surface area contributed by atoms with E-state index in [1.807, 2.05) is 0 Å². The van der Waals surface area contributed by atoms with Gasteiger partial charge >= 0.3 is 0 Å². The molecular weight excluding hydrogens is 494 g/mol. The van der Waals surface area contributed by atoms with E-state index in [1.54, 1.807) is 0 Å². The molecule has 0 fully saturated rings. The zero-order chi connectivity index (χ0) is 26.9. The van der Waals surface area contributed by atoms with Crippen LogP contribution in [0.2, 0.25) is 0 Å². The summed E-state index contributed by atoms with van der Waals surface area (Å²) >= 11 is 0. The third-order valence-electron chi connectivity index (χ3n) is 8.74.